The van der Waals surface area contributed by atoms with Crippen LogP contribution in [0, 0.1) is 0 Å². The van der Waals surface area contributed by atoms with Gasteiger partial charge in [0, 0.05) is 0 Å². The van der Waals surface area contributed by atoms with Gasteiger partial charge in [-0.3, -0.25) is 0 Å². The van der Waals surface area contributed by atoms with Crippen molar-refractivity contribution in [1.29, 1.82) is 0 Å². The van der Waals surface area contributed by atoms with E-state index in [4.69, 9.17) is 4.74 Å². The third-order valence-corrected chi connectivity index (χ3v) is 8.10. The third-order valence-electron chi connectivity index (χ3n) is 3.56. The van der Waals surface area contributed by atoms with Crippen LogP contribution in [-0.4, -0.2) is 37.0 Å². The molecule has 0 fully saturated rings. The van der Waals surface area contributed by atoms with Crippen molar-refractivity contribution in [2.24, 2.45) is 0 Å². The fraction of sp³-hybridized carbons (Fsp3) is 0.143. The second kappa shape index (κ2) is 9.11. The number of hydrogen-bond donors (Lipinski definition) is 0. The summed E-state index contributed by atoms with van der Waals surface area (Å²) in [4.78, 5) is 0. The summed E-state index contributed by atoms with van der Waals surface area (Å²) in [5.41, 5.74) is 2.77. The van der Waals surface area contributed by atoms with E-state index >= 15 is 0 Å². The van der Waals surface area contributed by atoms with E-state index in [1.54, 1.807) is 7.11 Å². The predicted octanol–water partition coefficient (Wildman–Crippen LogP) is 2.75. The molecule has 3 aromatic rings. The Balaban J connectivity index is 1.68. The SMILES string of the molecule is COc1cc(C[Se]c2ccccc2)cc(C[Se]c2ccccc2)c1. The Bertz CT molecular complexity index is 696. The van der Waals surface area contributed by atoms with Crippen molar-refractivity contribution in [3.05, 3.63) is 90.0 Å². The Hall–Kier alpha value is -1.50. The van der Waals surface area contributed by atoms with Crippen LogP contribution in [0.2, 0.25) is 0 Å². The molecule has 0 aromatic heterocycles. The summed E-state index contributed by atoms with van der Waals surface area (Å²) in [6, 6.07) is 28.3. The average Bonchev–Trinajstić information content (AvgIpc) is 2.66. The molecule has 0 amide bonds. The molecule has 0 radical (unpaired) electrons. The van der Waals surface area contributed by atoms with E-state index in [-0.39, 0.29) is 0 Å². The van der Waals surface area contributed by atoms with Crippen molar-refractivity contribution < 1.29 is 4.74 Å². The van der Waals surface area contributed by atoms with Gasteiger partial charge >= 0.3 is 157 Å². The van der Waals surface area contributed by atoms with Gasteiger partial charge in [0.05, 0.1) is 0 Å². The van der Waals surface area contributed by atoms with Gasteiger partial charge in [-0.25, -0.2) is 0 Å². The van der Waals surface area contributed by atoms with Gasteiger partial charge in [-0.05, 0) is 0 Å². The van der Waals surface area contributed by atoms with Crippen LogP contribution in [0.25, 0.3) is 0 Å². The Morgan fingerprint density at radius 2 is 1.12 bits per heavy atom. The Morgan fingerprint density at radius 1 is 0.667 bits per heavy atom. The Kier molecular flexibility index (Phi) is 6.57. The molecule has 0 unspecified atom stereocenters. The van der Waals surface area contributed by atoms with E-state index < -0.39 is 0 Å². The molecule has 3 rings (SSSR count). The summed E-state index contributed by atoms with van der Waals surface area (Å²) in [6.07, 6.45) is 0. The Labute approximate surface area is 156 Å². The van der Waals surface area contributed by atoms with Gasteiger partial charge in [-0.1, -0.05) is 0 Å². The van der Waals surface area contributed by atoms with Gasteiger partial charge in [0.15, 0.2) is 0 Å². The molecule has 3 aromatic carbocycles. The first kappa shape index (κ1) is 17.3. The van der Waals surface area contributed by atoms with Crippen molar-refractivity contribution in [3.63, 3.8) is 0 Å². The molecule has 3 heteroatoms. The second-order valence-corrected chi connectivity index (χ2v) is 9.79. The molecule has 0 aliphatic rings. The monoisotopic (exact) mass is 448 g/mol. The molecule has 0 bridgehead atoms. The standard InChI is InChI=1S/C21H20OSe2/c1-22-19-13-17(15-23-20-8-4-2-5-9-20)12-18(14-19)16-24-21-10-6-3-7-11-21/h2-14H,15-16H2,1H3. The quantitative estimate of drug-likeness (QED) is 0.508. The summed E-state index contributed by atoms with van der Waals surface area (Å²) < 4.78 is 8.41. The number of rotatable bonds is 7. The first-order valence-electron chi connectivity index (χ1n) is 7.86. The van der Waals surface area contributed by atoms with Crippen LogP contribution in [-0.2, 0) is 10.6 Å². The molecule has 24 heavy (non-hydrogen) atoms. The van der Waals surface area contributed by atoms with E-state index in [2.05, 4.69) is 78.9 Å². The minimum atomic E-state index is 0.468. The van der Waals surface area contributed by atoms with E-state index in [0.29, 0.717) is 29.9 Å². The van der Waals surface area contributed by atoms with Gasteiger partial charge in [0.2, 0.25) is 0 Å². The first-order chi connectivity index (χ1) is 11.8. The molecule has 0 spiro atoms. The molecule has 0 saturated heterocycles. The average molecular weight is 446 g/mol. The molecule has 0 aliphatic carbocycles. The summed E-state index contributed by atoms with van der Waals surface area (Å²) in [6.45, 7) is 0. The summed E-state index contributed by atoms with van der Waals surface area (Å²) >= 11 is 0.935. The van der Waals surface area contributed by atoms with Crippen LogP contribution in [0.1, 0.15) is 11.1 Å². The number of hydrogen-bond acceptors (Lipinski definition) is 1. The predicted molar refractivity (Wildman–Crippen MR) is 104 cm³/mol. The minimum absolute atomic E-state index is 0.468. The van der Waals surface area contributed by atoms with Crippen LogP contribution in [0.5, 0.6) is 5.75 Å². The molecule has 0 N–H and O–H groups in total. The molecular weight excluding hydrogens is 426 g/mol. The van der Waals surface area contributed by atoms with Crippen LogP contribution in [0.15, 0.2) is 78.9 Å². The van der Waals surface area contributed by atoms with E-state index in [1.165, 1.54) is 20.1 Å². The fourth-order valence-electron chi connectivity index (χ4n) is 2.38. The molecule has 0 atom stereocenters. The second-order valence-electron chi connectivity index (χ2n) is 5.39. The summed E-state index contributed by atoms with van der Waals surface area (Å²) in [7, 11) is 1.76. The van der Waals surface area contributed by atoms with Gasteiger partial charge in [-0.2, -0.15) is 0 Å². The number of methoxy groups -OCH3 is 1. The summed E-state index contributed by atoms with van der Waals surface area (Å²) in [5.74, 6) is 0.982. The van der Waals surface area contributed by atoms with E-state index in [0.717, 1.165) is 16.4 Å². The molecule has 0 aliphatic heterocycles. The zero-order chi connectivity index (χ0) is 16.6. The zero-order valence-electron chi connectivity index (χ0n) is 13.6. The maximum absolute atomic E-state index is 5.51. The molecule has 0 saturated carbocycles. The molecule has 0 heterocycles. The van der Waals surface area contributed by atoms with Crippen molar-refractivity contribution in [2.75, 3.05) is 7.11 Å². The number of benzene rings is 3. The van der Waals surface area contributed by atoms with Crippen molar-refractivity contribution in [3.8, 4) is 5.75 Å². The van der Waals surface area contributed by atoms with Gasteiger partial charge < -0.3 is 0 Å². The normalized spacial score (nSPS) is 10.5. The fourth-order valence-corrected chi connectivity index (χ4v) is 5.94. The maximum atomic E-state index is 5.51. The first-order valence-corrected chi connectivity index (χ1v) is 12.0. The van der Waals surface area contributed by atoms with Gasteiger partial charge in [-0.15, -0.1) is 0 Å². The Morgan fingerprint density at radius 3 is 1.54 bits per heavy atom. The number of ether oxygens (including phenoxy) is 1. The third kappa shape index (κ3) is 5.26. The van der Waals surface area contributed by atoms with Crippen molar-refractivity contribution in [1.82, 2.24) is 0 Å². The topological polar surface area (TPSA) is 9.23 Å². The summed E-state index contributed by atoms with van der Waals surface area (Å²) in [5, 5.41) is 2.22. The van der Waals surface area contributed by atoms with Crippen LogP contribution >= 0.6 is 0 Å². The molecule has 1 nitrogen and oxygen atoms in total. The molecular formula is C21H20OSe2. The van der Waals surface area contributed by atoms with E-state index in [1.807, 2.05) is 0 Å². The van der Waals surface area contributed by atoms with Crippen molar-refractivity contribution >= 4 is 38.8 Å². The van der Waals surface area contributed by atoms with Gasteiger partial charge in [0.1, 0.15) is 0 Å². The van der Waals surface area contributed by atoms with Gasteiger partial charge in [0.25, 0.3) is 0 Å². The van der Waals surface area contributed by atoms with Crippen molar-refractivity contribution in [2.45, 2.75) is 10.6 Å². The zero-order valence-corrected chi connectivity index (χ0v) is 17.1. The van der Waals surface area contributed by atoms with E-state index in [9.17, 15) is 0 Å². The molecule has 122 valence electrons. The van der Waals surface area contributed by atoms with Crippen LogP contribution in [0.4, 0.5) is 0 Å². The van der Waals surface area contributed by atoms with Crippen LogP contribution < -0.4 is 13.7 Å². The van der Waals surface area contributed by atoms with Crippen LogP contribution in [0.3, 0.4) is 0 Å².